The van der Waals surface area contributed by atoms with Crippen LogP contribution in [0.5, 0.6) is 0 Å². The fraction of sp³-hybridized carbons (Fsp3) is 0.375. The lowest BCUT2D eigenvalue weighted by Gasteiger charge is -2.36. The van der Waals surface area contributed by atoms with Gasteiger partial charge in [0.15, 0.2) is 5.76 Å². The van der Waals surface area contributed by atoms with Crippen LogP contribution in [0.2, 0.25) is 0 Å². The van der Waals surface area contributed by atoms with E-state index < -0.39 is 0 Å². The van der Waals surface area contributed by atoms with E-state index >= 15 is 0 Å². The van der Waals surface area contributed by atoms with Crippen molar-refractivity contribution in [2.24, 2.45) is 0 Å². The van der Waals surface area contributed by atoms with Crippen LogP contribution in [-0.4, -0.2) is 59.5 Å². The smallest absolute Gasteiger partial charge is 0.266 e. The van der Waals surface area contributed by atoms with Crippen LogP contribution in [0.1, 0.15) is 25.1 Å². The Labute approximate surface area is 187 Å². The van der Waals surface area contributed by atoms with Crippen molar-refractivity contribution in [3.05, 3.63) is 60.0 Å². The van der Waals surface area contributed by atoms with Gasteiger partial charge in [-0.15, -0.1) is 0 Å². The number of carbonyl (C=O) groups is 1. The van der Waals surface area contributed by atoms with Gasteiger partial charge in [0.1, 0.15) is 6.07 Å². The third kappa shape index (κ3) is 4.84. The topological polar surface area (TPSA) is 89.8 Å². The molecule has 0 spiro atoms. The molecule has 0 atom stereocenters. The minimum absolute atomic E-state index is 0.120. The normalized spacial score (nSPS) is 14.5. The summed E-state index contributed by atoms with van der Waals surface area (Å²) in [5.41, 5.74) is 1.37. The highest BCUT2D eigenvalue weighted by atomic mass is 16.4. The van der Waals surface area contributed by atoms with Gasteiger partial charge in [0.05, 0.1) is 12.8 Å². The van der Waals surface area contributed by atoms with Gasteiger partial charge in [-0.05, 0) is 31.5 Å². The molecule has 8 heteroatoms. The summed E-state index contributed by atoms with van der Waals surface area (Å²) >= 11 is 0. The number of aromatic nitrogens is 1. The maximum atomic E-state index is 13.0. The zero-order chi connectivity index (χ0) is 22.5. The standard InChI is InChI=1S/C24H27N5O3/c1-18(2)29(16-19-7-4-3-5-8-19)22(30)17-27-10-12-28(13-11-27)24-20(15-25)26-23(32-24)21-9-6-14-31-21/h3-9,14,18H,10-13,16-17H2,1-2H3. The summed E-state index contributed by atoms with van der Waals surface area (Å²) in [7, 11) is 0. The van der Waals surface area contributed by atoms with Crippen molar-refractivity contribution in [2.75, 3.05) is 37.6 Å². The first-order valence-corrected chi connectivity index (χ1v) is 10.8. The molecule has 2 aromatic heterocycles. The summed E-state index contributed by atoms with van der Waals surface area (Å²) in [5, 5.41) is 9.47. The molecule has 0 unspecified atom stereocenters. The predicted octanol–water partition coefficient (Wildman–Crippen LogP) is 3.37. The van der Waals surface area contributed by atoms with Crippen molar-refractivity contribution in [1.29, 1.82) is 5.26 Å². The van der Waals surface area contributed by atoms with E-state index in [1.54, 1.807) is 18.4 Å². The van der Waals surface area contributed by atoms with Crippen molar-refractivity contribution < 1.29 is 13.6 Å². The number of hydrogen-bond acceptors (Lipinski definition) is 7. The van der Waals surface area contributed by atoms with Crippen LogP contribution in [0.15, 0.2) is 57.6 Å². The van der Waals surface area contributed by atoms with Crippen molar-refractivity contribution in [3.63, 3.8) is 0 Å². The largest absolute Gasteiger partial charge is 0.459 e. The molecule has 166 valence electrons. The van der Waals surface area contributed by atoms with Crippen molar-refractivity contribution >= 4 is 11.8 Å². The first-order chi connectivity index (χ1) is 15.5. The third-order valence-corrected chi connectivity index (χ3v) is 5.60. The van der Waals surface area contributed by atoms with Crippen molar-refractivity contribution in [1.82, 2.24) is 14.8 Å². The molecule has 4 rings (SSSR count). The predicted molar refractivity (Wildman–Crippen MR) is 120 cm³/mol. The number of anilines is 1. The van der Waals surface area contributed by atoms with Gasteiger partial charge in [0.25, 0.3) is 5.89 Å². The monoisotopic (exact) mass is 433 g/mol. The van der Waals surface area contributed by atoms with E-state index in [0.29, 0.717) is 56.8 Å². The van der Waals surface area contributed by atoms with Gasteiger partial charge >= 0.3 is 0 Å². The summed E-state index contributed by atoms with van der Waals surface area (Å²) in [5.74, 6) is 1.37. The van der Waals surface area contributed by atoms with Crippen LogP contribution in [-0.2, 0) is 11.3 Å². The fourth-order valence-electron chi connectivity index (χ4n) is 3.83. The first-order valence-electron chi connectivity index (χ1n) is 10.8. The van der Waals surface area contributed by atoms with E-state index in [4.69, 9.17) is 8.83 Å². The van der Waals surface area contributed by atoms with E-state index in [0.717, 1.165) is 5.56 Å². The molecule has 8 nitrogen and oxygen atoms in total. The number of oxazole rings is 1. The highest BCUT2D eigenvalue weighted by molar-refractivity contribution is 5.78. The first kappa shape index (κ1) is 21.7. The van der Waals surface area contributed by atoms with Crippen molar-refractivity contribution in [3.8, 4) is 17.7 Å². The van der Waals surface area contributed by atoms with Crippen LogP contribution in [0.3, 0.4) is 0 Å². The highest BCUT2D eigenvalue weighted by Gasteiger charge is 2.27. The second-order valence-electron chi connectivity index (χ2n) is 8.13. The molecular formula is C24H27N5O3. The molecule has 1 fully saturated rings. The quantitative estimate of drug-likeness (QED) is 0.564. The fourth-order valence-corrected chi connectivity index (χ4v) is 3.83. The van der Waals surface area contributed by atoms with Crippen LogP contribution in [0.25, 0.3) is 11.7 Å². The molecule has 0 bridgehead atoms. The van der Waals surface area contributed by atoms with Crippen LogP contribution in [0, 0.1) is 11.3 Å². The Balaban J connectivity index is 1.36. The van der Waals surface area contributed by atoms with Gasteiger partial charge < -0.3 is 18.6 Å². The maximum absolute atomic E-state index is 13.0. The minimum Gasteiger partial charge on any atom is -0.459 e. The minimum atomic E-state index is 0.120. The Morgan fingerprint density at radius 1 is 1.16 bits per heavy atom. The van der Waals surface area contributed by atoms with E-state index in [9.17, 15) is 10.1 Å². The van der Waals surface area contributed by atoms with Gasteiger partial charge in [-0.2, -0.15) is 10.2 Å². The number of amides is 1. The molecule has 3 aromatic rings. The van der Waals surface area contributed by atoms with E-state index in [2.05, 4.69) is 16.0 Å². The molecule has 1 saturated heterocycles. The van der Waals surface area contributed by atoms with E-state index in [1.807, 2.05) is 54.0 Å². The van der Waals surface area contributed by atoms with Gasteiger partial charge in [0, 0.05) is 38.8 Å². The Morgan fingerprint density at radius 2 is 1.91 bits per heavy atom. The number of nitrogens with zero attached hydrogens (tertiary/aromatic N) is 5. The number of carbonyl (C=O) groups excluding carboxylic acids is 1. The summed E-state index contributed by atoms with van der Waals surface area (Å²) in [6, 6.07) is 15.8. The van der Waals surface area contributed by atoms with E-state index in [-0.39, 0.29) is 17.6 Å². The Kier molecular flexibility index (Phi) is 6.57. The zero-order valence-electron chi connectivity index (χ0n) is 18.4. The lowest BCUT2D eigenvalue weighted by molar-refractivity contribution is -0.134. The van der Waals surface area contributed by atoms with Crippen LogP contribution >= 0.6 is 0 Å². The number of hydrogen-bond donors (Lipinski definition) is 0. The second-order valence-corrected chi connectivity index (χ2v) is 8.13. The molecule has 0 radical (unpaired) electrons. The molecule has 0 N–H and O–H groups in total. The molecule has 1 aliphatic heterocycles. The Morgan fingerprint density at radius 3 is 2.53 bits per heavy atom. The summed E-state index contributed by atoms with van der Waals surface area (Å²) in [4.78, 5) is 23.4. The Hall–Kier alpha value is -3.57. The molecule has 1 aliphatic rings. The third-order valence-electron chi connectivity index (χ3n) is 5.60. The molecule has 1 amide bonds. The zero-order valence-corrected chi connectivity index (χ0v) is 18.4. The second kappa shape index (κ2) is 9.71. The summed E-state index contributed by atoms with van der Waals surface area (Å²) in [6.07, 6.45) is 1.54. The summed E-state index contributed by atoms with van der Waals surface area (Å²) < 4.78 is 11.2. The van der Waals surface area contributed by atoms with Crippen LogP contribution in [0.4, 0.5) is 5.88 Å². The molecule has 0 saturated carbocycles. The van der Waals surface area contributed by atoms with Gasteiger partial charge in [-0.25, -0.2) is 0 Å². The molecule has 0 aliphatic carbocycles. The SMILES string of the molecule is CC(C)N(Cc1ccccc1)C(=O)CN1CCN(c2oc(-c3ccco3)nc2C#N)CC1. The van der Waals surface area contributed by atoms with Gasteiger partial charge in [0.2, 0.25) is 17.5 Å². The average Bonchev–Trinajstić information content (AvgIpc) is 3.48. The number of nitriles is 1. The molecular weight excluding hydrogens is 406 g/mol. The highest BCUT2D eigenvalue weighted by Crippen LogP contribution is 2.29. The maximum Gasteiger partial charge on any atom is 0.266 e. The lowest BCUT2D eigenvalue weighted by Crippen LogP contribution is -2.51. The average molecular weight is 434 g/mol. The number of benzene rings is 1. The molecule has 32 heavy (non-hydrogen) atoms. The van der Waals surface area contributed by atoms with Crippen molar-refractivity contribution in [2.45, 2.75) is 26.4 Å². The van der Waals surface area contributed by atoms with Gasteiger partial charge in [-0.1, -0.05) is 30.3 Å². The summed E-state index contributed by atoms with van der Waals surface area (Å²) in [6.45, 7) is 7.76. The molecule has 3 heterocycles. The number of furan rings is 1. The lowest BCUT2D eigenvalue weighted by atomic mass is 10.2. The number of piperazine rings is 1. The van der Waals surface area contributed by atoms with E-state index in [1.165, 1.54) is 0 Å². The molecule has 1 aromatic carbocycles. The van der Waals surface area contributed by atoms with Gasteiger partial charge in [-0.3, -0.25) is 9.69 Å². The Bertz CT molecular complexity index is 1060. The number of rotatable bonds is 7. The van der Waals surface area contributed by atoms with Crippen LogP contribution < -0.4 is 4.90 Å².